The summed E-state index contributed by atoms with van der Waals surface area (Å²) in [5, 5.41) is 6.80. The summed E-state index contributed by atoms with van der Waals surface area (Å²) in [6.45, 7) is 15.4. The van der Waals surface area contributed by atoms with Gasteiger partial charge < -0.3 is 15.4 Å². The van der Waals surface area contributed by atoms with E-state index in [0.29, 0.717) is 12.0 Å². The minimum absolute atomic E-state index is 0. The average molecular weight is 440 g/mol. The Labute approximate surface area is 160 Å². The zero-order valence-corrected chi connectivity index (χ0v) is 17.8. The molecule has 0 spiro atoms. The normalized spacial score (nSPS) is 17.7. The molecule has 0 aromatic carbocycles. The van der Waals surface area contributed by atoms with Crippen molar-refractivity contribution >= 4 is 29.9 Å². The fourth-order valence-electron chi connectivity index (χ4n) is 2.77. The zero-order valence-electron chi connectivity index (χ0n) is 15.4. The number of guanidine groups is 1. The molecule has 23 heavy (non-hydrogen) atoms. The number of rotatable bonds is 9. The molecule has 6 heteroatoms. The maximum absolute atomic E-state index is 5.47. The van der Waals surface area contributed by atoms with Gasteiger partial charge in [0, 0.05) is 32.2 Å². The highest BCUT2D eigenvalue weighted by atomic mass is 127. The molecule has 1 fully saturated rings. The molecule has 1 atom stereocenters. The number of ether oxygens (including phenoxy) is 1. The highest BCUT2D eigenvalue weighted by molar-refractivity contribution is 14.0. The quantitative estimate of drug-likeness (QED) is 0.251. The van der Waals surface area contributed by atoms with Crippen LogP contribution in [0, 0.1) is 5.92 Å². The van der Waals surface area contributed by atoms with Gasteiger partial charge in [0.05, 0.1) is 19.8 Å². The Kier molecular flexibility index (Phi) is 14.2. The van der Waals surface area contributed by atoms with Gasteiger partial charge in [-0.25, -0.2) is 0 Å². The minimum atomic E-state index is 0. The number of unbranched alkanes of at least 4 members (excludes halogenated alkanes) is 2. The van der Waals surface area contributed by atoms with E-state index in [1.807, 2.05) is 0 Å². The molecule has 138 valence electrons. The number of aliphatic imine (C=N–C) groups is 1. The summed E-state index contributed by atoms with van der Waals surface area (Å²) in [6.07, 6.45) is 3.73. The van der Waals surface area contributed by atoms with Crippen LogP contribution in [0.1, 0.15) is 47.0 Å². The zero-order chi connectivity index (χ0) is 16.2. The standard InChI is InChI=1S/C17H36N4O.HI/c1-5-7-8-9-19-17(18-6-2)20-14-16(15(3)4)21-10-12-22-13-11-21;/h15-16H,5-14H2,1-4H3,(H2,18,19,20);1H. The Morgan fingerprint density at radius 3 is 2.39 bits per heavy atom. The second-order valence-electron chi connectivity index (χ2n) is 6.31. The fourth-order valence-corrected chi connectivity index (χ4v) is 2.77. The molecule has 0 aromatic heterocycles. The van der Waals surface area contributed by atoms with E-state index < -0.39 is 0 Å². The Morgan fingerprint density at radius 2 is 1.83 bits per heavy atom. The van der Waals surface area contributed by atoms with Crippen molar-refractivity contribution in [1.82, 2.24) is 15.5 Å². The van der Waals surface area contributed by atoms with Gasteiger partial charge in [-0.05, 0) is 19.3 Å². The predicted molar refractivity (Wildman–Crippen MR) is 110 cm³/mol. The van der Waals surface area contributed by atoms with E-state index in [4.69, 9.17) is 9.73 Å². The van der Waals surface area contributed by atoms with Gasteiger partial charge in [-0.1, -0.05) is 33.6 Å². The first-order valence-corrected chi connectivity index (χ1v) is 9.03. The van der Waals surface area contributed by atoms with Crippen molar-refractivity contribution in [2.45, 2.75) is 53.0 Å². The predicted octanol–water partition coefficient (Wildman–Crippen LogP) is 2.71. The van der Waals surface area contributed by atoms with E-state index in [0.717, 1.165) is 51.9 Å². The van der Waals surface area contributed by atoms with Crippen LogP contribution in [0.5, 0.6) is 0 Å². The van der Waals surface area contributed by atoms with E-state index in [1.165, 1.54) is 19.3 Å². The molecule has 0 aliphatic carbocycles. The molecule has 0 amide bonds. The van der Waals surface area contributed by atoms with Crippen LogP contribution in [0.15, 0.2) is 4.99 Å². The van der Waals surface area contributed by atoms with E-state index in [9.17, 15) is 0 Å². The molecule has 0 radical (unpaired) electrons. The van der Waals surface area contributed by atoms with E-state index in [2.05, 4.69) is 43.2 Å². The van der Waals surface area contributed by atoms with Gasteiger partial charge in [-0.15, -0.1) is 24.0 Å². The first-order chi connectivity index (χ1) is 10.7. The third kappa shape index (κ3) is 9.72. The molecular formula is C17H37IN4O. The minimum Gasteiger partial charge on any atom is -0.379 e. The van der Waals surface area contributed by atoms with Crippen LogP contribution < -0.4 is 10.6 Å². The Hall–Kier alpha value is -0.0800. The van der Waals surface area contributed by atoms with Crippen molar-refractivity contribution in [3.63, 3.8) is 0 Å². The lowest BCUT2D eigenvalue weighted by Crippen LogP contribution is -2.48. The summed E-state index contributed by atoms with van der Waals surface area (Å²) in [5.74, 6) is 1.56. The Balaban J connectivity index is 0.00000484. The monoisotopic (exact) mass is 440 g/mol. The third-order valence-corrected chi connectivity index (χ3v) is 4.14. The van der Waals surface area contributed by atoms with Gasteiger partial charge in [-0.2, -0.15) is 0 Å². The number of nitrogens with one attached hydrogen (secondary N) is 2. The van der Waals surface area contributed by atoms with Crippen LogP contribution in [0.3, 0.4) is 0 Å². The summed E-state index contributed by atoms with van der Waals surface area (Å²) < 4.78 is 5.47. The molecule has 1 rings (SSSR count). The van der Waals surface area contributed by atoms with Crippen LogP contribution in [0.2, 0.25) is 0 Å². The van der Waals surface area contributed by atoms with Crippen LogP contribution >= 0.6 is 24.0 Å². The lowest BCUT2D eigenvalue weighted by Gasteiger charge is -2.36. The van der Waals surface area contributed by atoms with Gasteiger partial charge in [0.15, 0.2) is 5.96 Å². The number of nitrogens with zero attached hydrogens (tertiary/aromatic N) is 2. The lowest BCUT2D eigenvalue weighted by atomic mass is 10.0. The number of hydrogen-bond acceptors (Lipinski definition) is 3. The largest absolute Gasteiger partial charge is 0.379 e. The van der Waals surface area contributed by atoms with E-state index in [-0.39, 0.29) is 24.0 Å². The number of hydrogen-bond donors (Lipinski definition) is 2. The van der Waals surface area contributed by atoms with Gasteiger partial charge in [0.1, 0.15) is 0 Å². The first-order valence-electron chi connectivity index (χ1n) is 9.03. The van der Waals surface area contributed by atoms with E-state index >= 15 is 0 Å². The SMILES string of the molecule is CCCCCNC(=NCC(C(C)C)N1CCOCC1)NCC.I. The summed E-state index contributed by atoms with van der Waals surface area (Å²) in [7, 11) is 0. The van der Waals surface area contributed by atoms with Crippen LogP contribution in [0.25, 0.3) is 0 Å². The first kappa shape index (κ1) is 22.9. The lowest BCUT2D eigenvalue weighted by molar-refractivity contribution is 0.00867. The van der Waals surface area contributed by atoms with Crippen molar-refractivity contribution in [2.75, 3.05) is 45.9 Å². The molecule has 1 aliphatic heterocycles. The molecule has 1 saturated heterocycles. The third-order valence-electron chi connectivity index (χ3n) is 4.14. The van der Waals surface area contributed by atoms with Crippen LogP contribution in [-0.4, -0.2) is 62.8 Å². The number of morpholine rings is 1. The molecule has 1 heterocycles. The van der Waals surface area contributed by atoms with Crippen LogP contribution in [-0.2, 0) is 4.74 Å². The molecule has 5 nitrogen and oxygen atoms in total. The van der Waals surface area contributed by atoms with E-state index in [1.54, 1.807) is 0 Å². The van der Waals surface area contributed by atoms with Gasteiger partial charge in [-0.3, -0.25) is 9.89 Å². The smallest absolute Gasteiger partial charge is 0.191 e. The molecule has 1 unspecified atom stereocenters. The molecule has 1 aliphatic rings. The second-order valence-corrected chi connectivity index (χ2v) is 6.31. The molecule has 2 N–H and O–H groups in total. The molecule has 0 aromatic rings. The summed E-state index contributed by atoms with van der Waals surface area (Å²) >= 11 is 0. The highest BCUT2D eigenvalue weighted by Crippen LogP contribution is 2.13. The highest BCUT2D eigenvalue weighted by Gasteiger charge is 2.23. The van der Waals surface area contributed by atoms with Crippen molar-refractivity contribution < 1.29 is 4.74 Å². The molecular weight excluding hydrogens is 403 g/mol. The van der Waals surface area contributed by atoms with Gasteiger partial charge in [0.2, 0.25) is 0 Å². The Bertz CT molecular complexity index is 307. The maximum Gasteiger partial charge on any atom is 0.191 e. The van der Waals surface area contributed by atoms with Gasteiger partial charge >= 0.3 is 0 Å². The van der Waals surface area contributed by atoms with Crippen molar-refractivity contribution in [3.05, 3.63) is 0 Å². The van der Waals surface area contributed by atoms with Crippen molar-refractivity contribution in [1.29, 1.82) is 0 Å². The molecule has 0 saturated carbocycles. The van der Waals surface area contributed by atoms with Crippen LogP contribution in [0.4, 0.5) is 0 Å². The topological polar surface area (TPSA) is 48.9 Å². The summed E-state index contributed by atoms with van der Waals surface area (Å²) in [4.78, 5) is 7.35. The summed E-state index contributed by atoms with van der Waals surface area (Å²) in [6, 6.07) is 0.495. The fraction of sp³-hybridized carbons (Fsp3) is 0.941. The number of halogens is 1. The average Bonchev–Trinajstić information content (AvgIpc) is 2.52. The molecule has 0 bridgehead atoms. The van der Waals surface area contributed by atoms with Crippen molar-refractivity contribution in [3.8, 4) is 0 Å². The van der Waals surface area contributed by atoms with Crippen molar-refractivity contribution in [2.24, 2.45) is 10.9 Å². The Morgan fingerprint density at radius 1 is 1.13 bits per heavy atom. The maximum atomic E-state index is 5.47. The van der Waals surface area contributed by atoms with Gasteiger partial charge in [0.25, 0.3) is 0 Å². The second kappa shape index (κ2) is 14.3. The summed E-state index contributed by atoms with van der Waals surface area (Å²) in [5.41, 5.74) is 0.